The van der Waals surface area contributed by atoms with Crippen LogP contribution in [0.2, 0.25) is 0 Å². The number of carbonyl (C=O) groups excluding carboxylic acids is 1. The highest BCUT2D eigenvalue weighted by molar-refractivity contribution is 9.10. The SMILES string of the molecule is Cc1cc(Br)ccc1CCCC=O. The van der Waals surface area contributed by atoms with Gasteiger partial charge in [-0.3, -0.25) is 0 Å². The topological polar surface area (TPSA) is 17.1 Å². The molecule has 0 bridgehead atoms. The molecule has 0 amide bonds. The van der Waals surface area contributed by atoms with Crippen LogP contribution in [0.25, 0.3) is 0 Å². The molecule has 0 atom stereocenters. The molecule has 0 heterocycles. The third kappa shape index (κ3) is 3.31. The van der Waals surface area contributed by atoms with Crippen LogP contribution in [-0.2, 0) is 11.2 Å². The molecule has 0 radical (unpaired) electrons. The van der Waals surface area contributed by atoms with Gasteiger partial charge in [-0.05, 0) is 43.0 Å². The Labute approximate surface area is 87.3 Å². The number of unbranched alkanes of at least 4 members (excludes halogenated alkanes) is 1. The molecule has 0 fully saturated rings. The Kier molecular flexibility index (Phi) is 4.16. The first-order chi connectivity index (χ1) is 6.24. The predicted octanol–water partition coefficient (Wildman–Crippen LogP) is 3.28. The van der Waals surface area contributed by atoms with E-state index < -0.39 is 0 Å². The third-order valence-electron chi connectivity index (χ3n) is 2.07. The van der Waals surface area contributed by atoms with Crippen LogP contribution in [0.4, 0.5) is 0 Å². The molecule has 2 heteroatoms. The molecule has 1 aromatic carbocycles. The molecular formula is C11H13BrO. The monoisotopic (exact) mass is 240 g/mol. The van der Waals surface area contributed by atoms with E-state index in [1.165, 1.54) is 11.1 Å². The molecule has 0 unspecified atom stereocenters. The average Bonchev–Trinajstić information content (AvgIpc) is 2.09. The molecule has 0 aliphatic carbocycles. The van der Waals surface area contributed by atoms with Crippen molar-refractivity contribution in [3.05, 3.63) is 33.8 Å². The zero-order chi connectivity index (χ0) is 9.68. The first kappa shape index (κ1) is 10.5. The van der Waals surface area contributed by atoms with Gasteiger partial charge in [-0.25, -0.2) is 0 Å². The minimum Gasteiger partial charge on any atom is -0.303 e. The van der Waals surface area contributed by atoms with Gasteiger partial charge in [0.05, 0.1) is 0 Å². The summed E-state index contributed by atoms with van der Waals surface area (Å²) in [5.74, 6) is 0. The lowest BCUT2D eigenvalue weighted by Crippen LogP contribution is -1.90. The van der Waals surface area contributed by atoms with Gasteiger partial charge in [0, 0.05) is 10.9 Å². The Morgan fingerprint density at radius 2 is 2.23 bits per heavy atom. The Bertz CT molecular complexity index is 294. The van der Waals surface area contributed by atoms with Crippen molar-refractivity contribution in [2.45, 2.75) is 26.2 Å². The van der Waals surface area contributed by atoms with E-state index in [0.717, 1.165) is 23.6 Å². The maximum Gasteiger partial charge on any atom is 0.120 e. The van der Waals surface area contributed by atoms with Crippen molar-refractivity contribution in [1.82, 2.24) is 0 Å². The molecule has 70 valence electrons. The van der Waals surface area contributed by atoms with Gasteiger partial charge in [-0.15, -0.1) is 0 Å². The van der Waals surface area contributed by atoms with Crippen LogP contribution in [0.3, 0.4) is 0 Å². The summed E-state index contributed by atoms with van der Waals surface area (Å²) >= 11 is 3.42. The van der Waals surface area contributed by atoms with Crippen LogP contribution < -0.4 is 0 Å². The fourth-order valence-electron chi connectivity index (χ4n) is 1.32. The minimum absolute atomic E-state index is 0.662. The molecule has 0 saturated heterocycles. The molecular weight excluding hydrogens is 228 g/mol. The number of hydrogen-bond donors (Lipinski definition) is 0. The van der Waals surface area contributed by atoms with E-state index in [2.05, 4.69) is 35.0 Å². The van der Waals surface area contributed by atoms with Gasteiger partial charge >= 0.3 is 0 Å². The van der Waals surface area contributed by atoms with Crippen molar-refractivity contribution < 1.29 is 4.79 Å². The number of carbonyl (C=O) groups is 1. The van der Waals surface area contributed by atoms with E-state index in [-0.39, 0.29) is 0 Å². The number of rotatable bonds is 4. The van der Waals surface area contributed by atoms with Gasteiger partial charge in [0.1, 0.15) is 6.29 Å². The molecule has 0 aliphatic rings. The lowest BCUT2D eigenvalue weighted by Gasteiger charge is -2.04. The largest absolute Gasteiger partial charge is 0.303 e. The first-order valence-electron chi connectivity index (χ1n) is 4.42. The van der Waals surface area contributed by atoms with E-state index in [4.69, 9.17) is 0 Å². The zero-order valence-corrected chi connectivity index (χ0v) is 9.30. The highest BCUT2D eigenvalue weighted by Gasteiger charge is 1.98. The van der Waals surface area contributed by atoms with Crippen molar-refractivity contribution in [1.29, 1.82) is 0 Å². The summed E-state index contributed by atoms with van der Waals surface area (Å²) in [5, 5.41) is 0. The number of aldehydes is 1. The maximum absolute atomic E-state index is 10.1. The zero-order valence-electron chi connectivity index (χ0n) is 7.72. The summed E-state index contributed by atoms with van der Waals surface area (Å²) in [7, 11) is 0. The van der Waals surface area contributed by atoms with Crippen molar-refractivity contribution in [2.75, 3.05) is 0 Å². The molecule has 1 nitrogen and oxygen atoms in total. The molecule has 0 saturated carbocycles. The molecule has 1 rings (SSSR count). The highest BCUT2D eigenvalue weighted by atomic mass is 79.9. The lowest BCUT2D eigenvalue weighted by atomic mass is 10.0. The van der Waals surface area contributed by atoms with Crippen LogP contribution in [0.5, 0.6) is 0 Å². The summed E-state index contributed by atoms with van der Waals surface area (Å²) in [6.07, 6.45) is 3.59. The van der Waals surface area contributed by atoms with Crippen molar-refractivity contribution in [3.8, 4) is 0 Å². The second-order valence-corrected chi connectivity index (χ2v) is 4.05. The Balaban J connectivity index is 2.61. The van der Waals surface area contributed by atoms with Crippen LogP contribution in [0.15, 0.2) is 22.7 Å². The van der Waals surface area contributed by atoms with Gasteiger partial charge < -0.3 is 4.79 Å². The molecule has 0 N–H and O–H groups in total. The molecule has 0 aromatic heterocycles. The average molecular weight is 241 g/mol. The van der Waals surface area contributed by atoms with Crippen LogP contribution in [0.1, 0.15) is 24.0 Å². The van der Waals surface area contributed by atoms with E-state index in [9.17, 15) is 4.79 Å². The Hall–Kier alpha value is -0.630. The molecule has 13 heavy (non-hydrogen) atoms. The van der Waals surface area contributed by atoms with Gasteiger partial charge in [0.2, 0.25) is 0 Å². The summed E-state index contributed by atoms with van der Waals surface area (Å²) < 4.78 is 1.11. The van der Waals surface area contributed by atoms with Gasteiger partial charge in [-0.2, -0.15) is 0 Å². The van der Waals surface area contributed by atoms with Crippen LogP contribution in [0, 0.1) is 6.92 Å². The van der Waals surface area contributed by atoms with E-state index in [0.29, 0.717) is 6.42 Å². The van der Waals surface area contributed by atoms with Gasteiger partial charge in [-0.1, -0.05) is 22.0 Å². The molecule has 1 aromatic rings. The van der Waals surface area contributed by atoms with E-state index >= 15 is 0 Å². The Morgan fingerprint density at radius 1 is 1.46 bits per heavy atom. The van der Waals surface area contributed by atoms with Crippen molar-refractivity contribution >= 4 is 22.2 Å². The van der Waals surface area contributed by atoms with Crippen LogP contribution in [-0.4, -0.2) is 6.29 Å². The van der Waals surface area contributed by atoms with Gasteiger partial charge in [0.25, 0.3) is 0 Å². The second kappa shape index (κ2) is 5.18. The predicted molar refractivity (Wildman–Crippen MR) is 57.9 cm³/mol. The van der Waals surface area contributed by atoms with Crippen molar-refractivity contribution in [2.24, 2.45) is 0 Å². The fourth-order valence-corrected chi connectivity index (χ4v) is 1.79. The number of halogens is 1. The Morgan fingerprint density at radius 3 is 2.85 bits per heavy atom. The van der Waals surface area contributed by atoms with Crippen molar-refractivity contribution in [3.63, 3.8) is 0 Å². The molecule has 0 aliphatic heterocycles. The highest BCUT2D eigenvalue weighted by Crippen LogP contribution is 2.17. The number of aryl methyl sites for hydroxylation is 2. The third-order valence-corrected chi connectivity index (χ3v) is 2.57. The number of hydrogen-bond acceptors (Lipinski definition) is 1. The van der Waals surface area contributed by atoms with Crippen LogP contribution >= 0.6 is 15.9 Å². The van der Waals surface area contributed by atoms with Gasteiger partial charge in [0.15, 0.2) is 0 Å². The quantitative estimate of drug-likeness (QED) is 0.584. The smallest absolute Gasteiger partial charge is 0.120 e. The maximum atomic E-state index is 10.1. The number of benzene rings is 1. The summed E-state index contributed by atoms with van der Waals surface area (Å²) in [6, 6.07) is 6.27. The summed E-state index contributed by atoms with van der Waals surface area (Å²) in [5.41, 5.74) is 2.63. The second-order valence-electron chi connectivity index (χ2n) is 3.13. The molecule has 0 spiro atoms. The first-order valence-corrected chi connectivity index (χ1v) is 5.22. The standard InChI is InChI=1S/C11H13BrO/c1-9-8-11(12)6-5-10(9)4-2-3-7-13/h5-8H,2-4H2,1H3. The lowest BCUT2D eigenvalue weighted by molar-refractivity contribution is -0.107. The normalized spacial score (nSPS) is 10.0. The van der Waals surface area contributed by atoms with E-state index in [1.807, 2.05) is 6.07 Å². The summed E-state index contributed by atoms with van der Waals surface area (Å²) in [4.78, 5) is 10.1. The fraction of sp³-hybridized carbons (Fsp3) is 0.364. The van der Waals surface area contributed by atoms with E-state index in [1.54, 1.807) is 0 Å². The summed E-state index contributed by atoms with van der Waals surface area (Å²) in [6.45, 7) is 2.10. The minimum atomic E-state index is 0.662.